The van der Waals surface area contributed by atoms with Crippen LogP contribution in [0.2, 0.25) is 5.02 Å². The van der Waals surface area contributed by atoms with Crippen molar-refractivity contribution in [3.8, 4) is 0 Å². The van der Waals surface area contributed by atoms with E-state index in [1.807, 2.05) is 0 Å². The second kappa shape index (κ2) is 7.21. The smallest absolute Gasteiger partial charge is 0.411 e. The maximum absolute atomic E-state index is 12.4. The molecule has 23 heavy (non-hydrogen) atoms. The highest BCUT2D eigenvalue weighted by molar-refractivity contribution is 6.30. The summed E-state index contributed by atoms with van der Waals surface area (Å²) < 4.78 is 5.35. The zero-order valence-corrected chi connectivity index (χ0v) is 15.0. The molecule has 0 heterocycles. The van der Waals surface area contributed by atoms with Gasteiger partial charge in [-0.15, -0.1) is 0 Å². The molecule has 1 aromatic carbocycles. The highest BCUT2D eigenvalue weighted by atomic mass is 35.5. The molecule has 128 valence electrons. The molecule has 0 radical (unpaired) electrons. The topological polar surface area (TPSA) is 66.8 Å². The number of halogens is 1. The van der Waals surface area contributed by atoms with Gasteiger partial charge in [-0.1, -0.05) is 23.7 Å². The summed E-state index contributed by atoms with van der Waals surface area (Å²) in [5.74, 6) is -1.08. The Balaban J connectivity index is 3.11. The van der Waals surface area contributed by atoms with Crippen molar-refractivity contribution in [1.82, 2.24) is 4.90 Å². The van der Waals surface area contributed by atoms with E-state index in [-0.39, 0.29) is 13.0 Å². The van der Waals surface area contributed by atoms with Crippen LogP contribution in [0.25, 0.3) is 0 Å². The lowest BCUT2D eigenvalue weighted by atomic mass is 9.91. The number of aliphatic carboxylic acids is 1. The van der Waals surface area contributed by atoms with E-state index >= 15 is 0 Å². The third-order valence-electron chi connectivity index (χ3n) is 3.45. The van der Waals surface area contributed by atoms with Gasteiger partial charge in [0.1, 0.15) is 11.1 Å². The van der Waals surface area contributed by atoms with Crippen molar-refractivity contribution >= 4 is 23.7 Å². The van der Waals surface area contributed by atoms with Crippen LogP contribution in [0.5, 0.6) is 0 Å². The number of hydrogen-bond acceptors (Lipinski definition) is 3. The van der Waals surface area contributed by atoms with Gasteiger partial charge in [0.25, 0.3) is 0 Å². The second-order valence-electron chi connectivity index (χ2n) is 6.61. The van der Waals surface area contributed by atoms with Gasteiger partial charge in [0.2, 0.25) is 0 Å². The fraction of sp³-hybridized carbons (Fsp3) is 0.529. The number of nitrogens with zero attached hydrogens (tertiary/aromatic N) is 1. The average Bonchev–Trinajstić information content (AvgIpc) is 2.40. The summed E-state index contributed by atoms with van der Waals surface area (Å²) in [6.45, 7) is 8.72. The molecular weight excluding hydrogens is 318 g/mol. The van der Waals surface area contributed by atoms with Crippen molar-refractivity contribution in [2.45, 2.75) is 52.2 Å². The fourth-order valence-electron chi connectivity index (χ4n) is 2.28. The van der Waals surface area contributed by atoms with Gasteiger partial charge >= 0.3 is 12.1 Å². The summed E-state index contributed by atoms with van der Waals surface area (Å²) in [6.07, 6.45) is -0.481. The van der Waals surface area contributed by atoms with E-state index in [0.29, 0.717) is 5.02 Å². The molecule has 1 amide bonds. The highest BCUT2D eigenvalue weighted by Crippen LogP contribution is 2.25. The van der Waals surface area contributed by atoms with Crippen LogP contribution < -0.4 is 0 Å². The Bertz CT molecular complexity index is 565. The first-order valence-corrected chi connectivity index (χ1v) is 7.86. The van der Waals surface area contributed by atoms with Gasteiger partial charge in [-0.3, -0.25) is 4.90 Å². The Hall–Kier alpha value is -1.75. The number of benzene rings is 1. The van der Waals surface area contributed by atoms with Crippen LogP contribution in [0.1, 0.15) is 40.2 Å². The molecule has 1 unspecified atom stereocenters. The molecule has 1 rings (SSSR count). The molecule has 5 nitrogen and oxygen atoms in total. The number of carboxylic acid groups (broad SMARTS) is 1. The largest absolute Gasteiger partial charge is 0.479 e. The SMILES string of the molecule is CCN(C(=O)OC(C)(C)C)C(C)(Cc1ccc(Cl)cc1)C(=O)O. The molecule has 0 saturated heterocycles. The Morgan fingerprint density at radius 2 is 1.70 bits per heavy atom. The van der Waals surface area contributed by atoms with E-state index in [2.05, 4.69) is 0 Å². The van der Waals surface area contributed by atoms with E-state index in [4.69, 9.17) is 16.3 Å². The minimum Gasteiger partial charge on any atom is -0.479 e. The zero-order chi connectivity index (χ0) is 17.8. The number of carbonyl (C=O) groups excluding carboxylic acids is 1. The van der Waals surface area contributed by atoms with Crippen molar-refractivity contribution in [3.63, 3.8) is 0 Å². The minimum absolute atomic E-state index is 0.159. The Kier molecular flexibility index (Phi) is 6.05. The summed E-state index contributed by atoms with van der Waals surface area (Å²) in [5, 5.41) is 10.3. The minimum atomic E-state index is -1.41. The van der Waals surface area contributed by atoms with E-state index in [9.17, 15) is 14.7 Å². The first-order chi connectivity index (χ1) is 10.5. The first kappa shape index (κ1) is 19.3. The Morgan fingerprint density at radius 3 is 2.09 bits per heavy atom. The van der Waals surface area contributed by atoms with Crippen LogP contribution in [0, 0.1) is 0 Å². The quantitative estimate of drug-likeness (QED) is 0.879. The zero-order valence-electron chi connectivity index (χ0n) is 14.2. The molecule has 6 heteroatoms. The summed E-state index contributed by atoms with van der Waals surface area (Å²) in [4.78, 5) is 25.5. The van der Waals surface area contributed by atoms with Crippen LogP contribution in [-0.2, 0) is 16.0 Å². The van der Waals surface area contributed by atoms with E-state index < -0.39 is 23.2 Å². The predicted molar refractivity (Wildman–Crippen MR) is 89.8 cm³/mol. The van der Waals surface area contributed by atoms with E-state index in [1.54, 1.807) is 52.0 Å². The molecule has 0 fully saturated rings. The molecule has 0 bridgehead atoms. The molecule has 0 spiro atoms. The lowest BCUT2D eigenvalue weighted by Crippen LogP contribution is -2.57. The number of ether oxygens (including phenoxy) is 1. The molecule has 0 aliphatic rings. The summed E-state index contributed by atoms with van der Waals surface area (Å²) in [5.41, 5.74) is -1.32. The van der Waals surface area contributed by atoms with Gasteiger partial charge < -0.3 is 9.84 Å². The van der Waals surface area contributed by atoms with E-state index in [0.717, 1.165) is 5.56 Å². The van der Waals surface area contributed by atoms with Gasteiger partial charge in [-0.05, 0) is 52.3 Å². The summed E-state index contributed by atoms with van der Waals surface area (Å²) >= 11 is 5.86. The lowest BCUT2D eigenvalue weighted by molar-refractivity contribution is -0.150. The molecule has 0 aliphatic heterocycles. The predicted octanol–water partition coefficient (Wildman–Crippen LogP) is 3.98. The van der Waals surface area contributed by atoms with Gasteiger partial charge in [-0.2, -0.15) is 0 Å². The standard InChI is InChI=1S/C17H24ClNO4/c1-6-19(15(22)23-16(2,3)4)17(5,14(20)21)11-12-7-9-13(18)10-8-12/h7-10H,6,11H2,1-5H3,(H,20,21). The van der Waals surface area contributed by atoms with Crippen molar-refractivity contribution in [3.05, 3.63) is 34.9 Å². The van der Waals surface area contributed by atoms with Crippen LogP contribution in [0.4, 0.5) is 4.79 Å². The van der Waals surface area contributed by atoms with E-state index in [1.165, 1.54) is 11.8 Å². The maximum atomic E-state index is 12.4. The monoisotopic (exact) mass is 341 g/mol. The first-order valence-electron chi connectivity index (χ1n) is 7.48. The normalized spacial score (nSPS) is 14.0. The summed E-state index contributed by atoms with van der Waals surface area (Å²) in [6, 6.07) is 6.91. The number of carbonyl (C=O) groups is 2. The molecule has 0 saturated carbocycles. The van der Waals surface area contributed by atoms with Gasteiger partial charge in [0.05, 0.1) is 0 Å². The Morgan fingerprint density at radius 1 is 1.17 bits per heavy atom. The van der Waals surface area contributed by atoms with Crippen molar-refractivity contribution in [2.75, 3.05) is 6.54 Å². The maximum Gasteiger partial charge on any atom is 0.411 e. The molecule has 1 aromatic rings. The Labute approximate surface area is 142 Å². The van der Waals surface area contributed by atoms with Crippen LogP contribution in [-0.4, -0.2) is 39.8 Å². The third-order valence-corrected chi connectivity index (χ3v) is 3.70. The van der Waals surface area contributed by atoms with Gasteiger partial charge in [0.15, 0.2) is 0 Å². The van der Waals surface area contributed by atoms with Gasteiger partial charge in [-0.25, -0.2) is 9.59 Å². The summed E-state index contributed by atoms with van der Waals surface area (Å²) in [7, 11) is 0. The number of amides is 1. The van der Waals surface area contributed by atoms with Crippen LogP contribution in [0.3, 0.4) is 0 Å². The highest BCUT2D eigenvalue weighted by Gasteiger charge is 2.43. The number of likely N-dealkylation sites (N-methyl/N-ethyl adjacent to an activating group) is 1. The fourth-order valence-corrected chi connectivity index (χ4v) is 2.41. The molecule has 0 aromatic heterocycles. The molecule has 1 atom stereocenters. The molecule has 1 N–H and O–H groups in total. The number of rotatable bonds is 5. The van der Waals surface area contributed by atoms with Crippen molar-refractivity contribution in [1.29, 1.82) is 0 Å². The average molecular weight is 342 g/mol. The molecular formula is C17H24ClNO4. The van der Waals surface area contributed by atoms with Crippen molar-refractivity contribution in [2.24, 2.45) is 0 Å². The lowest BCUT2D eigenvalue weighted by Gasteiger charge is -2.38. The van der Waals surface area contributed by atoms with Crippen LogP contribution in [0.15, 0.2) is 24.3 Å². The van der Waals surface area contributed by atoms with Crippen molar-refractivity contribution < 1.29 is 19.4 Å². The van der Waals surface area contributed by atoms with Gasteiger partial charge in [0, 0.05) is 18.0 Å². The number of carboxylic acids is 1. The number of hydrogen-bond donors (Lipinski definition) is 1. The third kappa shape index (κ3) is 5.13. The second-order valence-corrected chi connectivity index (χ2v) is 7.04. The molecule has 0 aliphatic carbocycles. The van der Waals surface area contributed by atoms with Crippen LogP contribution >= 0.6 is 11.6 Å².